The molecule has 0 aliphatic heterocycles. The zero-order valence-corrected chi connectivity index (χ0v) is 9.31. The lowest BCUT2D eigenvalue weighted by Crippen LogP contribution is -1.91. The molecular weight excluding hydrogens is 252 g/mol. The number of hydrogen-bond acceptors (Lipinski definition) is 2. The van der Waals surface area contributed by atoms with Crippen molar-refractivity contribution in [3.05, 3.63) is 45.9 Å². The second-order valence-corrected chi connectivity index (χ2v) is 3.81. The van der Waals surface area contributed by atoms with Crippen LogP contribution in [0.1, 0.15) is 5.56 Å². The van der Waals surface area contributed by atoms with Gasteiger partial charge in [0.15, 0.2) is 5.82 Å². The van der Waals surface area contributed by atoms with Crippen LogP contribution in [0.2, 0.25) is 10.0 Å². The lowest BCUT2D eigenvalue weighted by atomic mass is 10.1. The van der Waals surface area contributed by atoms with Gasteiger partial charge in [-0.3, -0.25) is 0 Å². The number of hydrogen-bond donors (Lipinski definition) is 0. The molecule has 2 aromatic rings. The van der Waals surface area contributed by atoms with E-state index in [9.17, 15) is 4.39 Å². The molecule has 0 fully saturated rings. The Kier molecular flexibility index (Phi) is 2.86. The van der Waals surface area contributed by atoms with Crippen molar-refractivity contribution in [2.45, 2.75) is 0 Å². The summed E-state index contributed by atoms with van der Waals surface area (Å²) in [5, 5.41) is 8.89. The van der Waals surface area contributed by atoms with Crippen molar-refractivity contribution >= 4 is 23.2 Å². The molecule has 0 saturated carbocycles. The van der Waals surface area contributed by atoms with Crippen LogP contribution in [0.25, 0.3) is 11.3 Å². The van der Waals surface area contributed by atoms with E-state index in [0.717, 1.165) is 0 Å². The molecule has 0 aliphatic carbocycles. The van der Waals surface area contributed by atoms with Crippen molar-refractivity contribution in [3.8, 4) is 17.4 Å². The topological polar surface area (TPSA) is 36.9 Å². The molecule has 0 bridgehead atoms. The Bertz CT molecular complexity index is 573. The van der Waals surface area contributed by atoms with E-state index >= 15 is 0 Å². The van der Waals surface area contributed by atoms with Gasteiger partial charge in [0.1, 0.15) is 17.4 Å². The van der Waals surface area contributed by atoms with E-state index in [1.54, 1.807) is 18.2 Å². The first-order chi connectivity index (χ1) is 7.65. The zero-order valence-electron chi connectivity index (χ0n) is 7.80. The van der Waals surface area contributed by atoms with Crippen LogP contribution in [-0.4, -0.2) is 0 Å². The molecular formula is C11H4Cl2FNO. The molecule has 0 aliphatic rings. The molecule has 0 atom stereocenters. The van der Waals surface area contributed by atoms with E-state index in [0.29, 0.717) is 5.76 Å². The van der Waals surface area contributed by atoms with Gasteiger partial charge in [0.05, 0.1) is 21.9 Å². The number of halogens is 3. The average Bonchev–Trinajstić information content (AvgIpc) is 2.76. The van der Waals surface area contributed by atoms with Gasteiger partial charge in [0, 0.05) is 0 Å². The van der Waals surface area contributed by atoms with Crippen LogP contribution >= 0.6 is 23.2 Å². The fraction of sp³-hybridized carbons (Fsp3) is 0. The minimum Gasteiger partial charge on any atom is -0.464 e. The number of nitriles is 1. The first-order valence-electron chi connectivity index (χ1n) is 4.26. The van der Waals surface area contributed by atoms with Gasteiger partial charge in [-0.25, -0.2) is 4.39 Å². The smallest absolute Gasteiger partial charge is 0.160 e. The molecule has 2 nitrogen and oxygen atoms in total. The molecule has 1 aromatic heterocycles. The first-order valence-corrected chi connectivity index (χ1v) is 5.02. The Labute approximate surface area is 101 Å². The van der Waals surface area contributed by atoms with Crippen LogP contribution in [0.3, 0.4) is 0 Å². The monoisotopic (exact) mass is 255 g/mol. The lowest BCUT2D eigenvalue weighted by Gasteiger charge is -2.06. The van der Waals surface area contributed by atoms with E-state index in [2.05, 4.69) is 0 Å². The molecule has 5 heteroatoms. The van der Waals surface area contributed by atoms with Crippen LogP contribution < -0.4 is 0 Å². The van der Waals surface area contributed by atoms with E-state index in [1.807, 2.05) is 0 Å². The second kappa shape index (κ2) is 4.17. The lowest BCUT2D eigenvalue weighted by molar-refractivity contribution is 0.579. The third-order valence-electron chi connectivity index (χ3n) is 2.05. The van der Waals surface area contributed by atoms with Crippen molar-refractivity contribution in [1.82, 2.24) is 0 Å². The maximum absolute atomic E-state index is 13.6. The Morgan fingerprint density at radius 3 is 2.62 bits per heavy atom. The molecule has 1 heterocycles. The maximum atomic E-state index is 13.6. The van der Waals surface area contributed by atoms with E-state index in [-0.39, 0.29) is 21.2 Å². The number of rotatable bonds is 1. The number of nitrogens with zero attached hydrogens (tertiary/aromatic N) is 1. The van der Waals surface area contributed by atoms with Crippen molar-refractivity contribution < 1.29 is 8.81 Å². The van der Waals surface area contributed by atoms with Gasteiger partial charge in [-0.15, -0.1) is 0 Å². The third kappa shape index (κ3) is 1.67. The molecule has 80 valence electrons. The highest BCUT2D eigenvalue weighted by atomic mass is 35.5. The Balaban J connectivity index is 2.80. The highest BCUT2D eigenvalue weighted by Gasteiger charge is 2.19. The summed E-state index contributed by atoms with van der Waals surface area (Å²) in [5.41, 5.74) is 0.00326. The van der Waals surface area contributed by atoms with E-state index in [1.165, 1.54) is 12.3 Å². The highest BCUT2D eigenvalue weighted by molar-refractivity contribution is 6.36. The summed E-state index contributed by atoms with van der Waals surface area (Å²) >= 11 is 11.5. The molecule has 16 heavy (non-hydrogen) atoms. The fourth-order valence-corrected chi connectivity index (χ4v) is 1.92. The Hall–Kier alpha value is -1.50. The maximum Gasteiger partial charge on any atom is 0.160 e. The molecule has 0 spiro atoms. The molecule has 0 amide bonds. The molecule has 0 saturated heterocycles. The normalized spacial score (nSPS) is 10.1. The van der Waals surface area contributed by atoms with Gasteiger partial charge in [0.25, 0.3) is 0 Å². The van der Waals surface area contributed by atoms with Gasteiger partial charge in [-0.2, -0.15) is 5.26 Å². The molecule has 0 N–H and O–H groups in total. The summed E-state index contributed by atoms with van der Waals surface area (Å²) in [6, 6.07) is 6.19. The van der Waals surface area contributed by atoms with Gasteiger partial charge in [0.2, 0.25) is 0 Å². The van der Waals surface area contributed by atoms with Gasteiger partial charge < -0.3 is 4.42 Å². The average molecular weight is 256 g/mol. The number of furan rings is 1. The molecule has 1 aromatic carbocycles. The summed E-state index contributed by atoms with van der Waals surface area (Å²) in [6.45, 7) is 0. The summed E-state index contributed by atoms with van der Waals surface area (Å²) in [7, 11) is 0. The van der Waals surface area contributed by atoms with Crippen molar-refractivity contribution in [1.29, 1.82) is 5.26 Å². The summed E-state index contributed by atoms with van der Waals surface area (Å²) in [5.74, 6) is -0.461. The molecule has 0 radical (unpaired) electrons. The second-order valence-electron chi connectivity index (χ2n) is 2.99. The summed E-state index contributed by atoms with van der Waals surface area (Å²) < 4.78 is 18.7. The van der Waals surface area contributed by atoms with Crippen LogP contribution in [0.5, 0.6) is 0 Å². The Morgan fingerprint density at radius 1 is 1.31 bits per heavy atom. The zero-order chi connectivity index (χ0) is 11.7. The van der Waals surface area contributed by atoms with Crippen LogP contribution in [0, 0.1) is 17.1 Å². The highest BCUT2D eigenvalue weighted by Crippen LogP contribution is 2.36. The SMILES string of the molecule is N#Cc1c(F)c(Cl)cc(Cl)c1-c1ccco1. The van der Waals surface area contributed by atoms with Crippen molar-refractivity contribution in [2.75, 3.05) is 0 Å². The van der Waals surface area contributed by atoms with E-state index < -0.39 is 5.82 Å². The molecule has 2 rings (SSSR count). The predicted molar refractivity (Wildman–Crippen MR) is 58.8 cm³/mol. The van der Waals surface area contributed by atoms with Crippen molar-refractivity contribution in [2.24, 2.45) is 0 Å². The quantitative estimate of drug-likeness (QED) is 0.714. The van der Waals surface area contributed by atoms with Crippen LogP contribution in [-0.2, 0) is 0 Å². The van der Waals surface area contributed by atoms with Crippen LogP contribution in [0.4, 0.5) is 4.39 Å². The summed E-state index contributed by atoms with van der Waals surface area (Å²) in [4.78, 5) is 0. The fourth-order valence-electron chi connectivity index (χ4n) is 1.36. The third-order valence-corrected chi connectivity index (χ3v) is 2.62. The minimum absolute atomic E-state index is 0.179. The standard InChI is InChI=1S/C11H4Cl2FNO/c12-7-4-8(13)11(14)6(5-15)10(7)9-2-1-3-16-9/h1-4H. The summed E-state index contributed by atoms with van der Waals surface area (Å²) in [6.07, 6.45) is 1.42. The predicted octanol–water partition coefficient (Wildman–Crippen LogP) is 4.26. The van der Waals surface area contributed by atoms with Gasteiger partial charge in [-0.1, -0.05) is 23.2 Å². The number of benzene rings is 1. The van der Waals surface area contributed by atoms with Gasteiger partial charge in [-0.05, 0) is 18.2 Å². The molecule has 0 unspecified atom stereocenters. The first kappa shape index (κ1) is 11.0. The van der Waals surface area contributed by atoms with Crippen molar-refractivity contribution in [3.63, 3.8) is 0 Å². The largest absolute Gasteiger partial charge is 0.464 e. The van der Waals surface area contributed by atoms with Crippen LogP contribution in [0.15, 0.2) is 28.9 Å². The minimum atomic E-state index is -0.792. The van der Waals surface area contributed by atoms with Gasteiger partial charge >= 0.3 is 0 Å². The van der Waals surface area contributed by atoms with E-state index in [4.69, 9.17) is 32.9 Å². The Morgan fingerprint density at radius 2 is 2.06 bits per heavy atom.